The molecule has 2 heterocycles. The van der Waals surface area contributed by atoms with Gasteiger partial charge in [-0.05, 0) is 16.8 Å². The van der Waals surface area contributed by atoms with Gasteiger partial charge in [-0.15, -0.1) is 0 Å². The number of pyridine rings is 1. The summed E-state index contributed by atoms with van der Waals surface area (Å²) in [5.41, 5.74) is 11.0. The van der Waals surface area contributed by atoms with Gasteiger partial charge in [0.2, 0.25) is 21.9 Å². The first kappa shape index (κ1) is 32.1. The molecule has 1 aromatic heterocycles. The fraction of sp³-hybridized carbons (Fsp3) is 0.391. The summed E-state index contributed by atoms with van der Waals surface area (Å²) in [6.45, 7) is 0.619. The number of carboxylic acids is 1. The zero-order valence-corrected chi connectivity index (χ0v) is 21.9. The number of carbonyl (C=O) groups excluding carboxylic acids is 1. The molecule has 0 bridgehead atoms. The molecular weight excluding hydrogens is 561 g/mol. The van der Waals surface area contributed by atoms with Gasteiger partial charge in [0.1, 0.15) is 12.6 Å². The Hall–Kier alpha value is -4.12. The van der Waals surface area contributed by atoms with E-state index >= 15 is 0 Å². The molecule has 220 valence electrons. The van der Waals surface area contributed by atoms with Crippen molar-refractivity contribution < 1.29 is 41.1 Å². The third-order valence-corrected chi connectivity index (χ3v) is 6.73. The van der Waals surface area contributed by atoms with Crippen LogP contribution in [0, 0.1) is 0 Å². The molecule has 1 aliphatic heterocycles. The predicted molar refractivity (Wildman–Crippen MR) is 137 cm³/mol. The van der Waals surface area contributed by atoms with Crippen LogP contribution in [0.5, 0.6) is 0 Å². The van der Waals surface area contributed by atoms with Crippen LogP contribution in [0.15, 0.2) is 58.6 Å². The number of sulfonamides is 1. The number of nitrogens with two attached hydrogens (primary N) is 2. The predicted octanol–water partition coefficient (Wildman–Crippen LogP) is 0.297. The van der Waals surface area contributed by atoms with Crippen LogP contribution in [0.25, 0.3) is 0 Å². The molecule has 13 nitrogen and oxygen atoms in total. The minimum absolute atomic E-state index is 0.136. The van der Waals surface area contributed by atoms with Gasteiger partial charge in [0.25, 0.3) is 5.56 Å². The lowest BCUT2D eigenvalue weighted by Crippen LogP contribution is -2.43. The lowest BCUT2D eigenvalue weighted by atomic mass is 10.1. The number of hydrogen-bond acceptors (Lipinski definition) is 7. The highest BCUT2D eigenvalue weighted by molar-refractivity contribution is 7.88. The van der Waals surface area contributed by atoms with Crippen LogP contribution in [0.4, 0.5) is 13.2 Å². The number of halogens is 3. The van der Waals surface area contributed by atoms with Gasteiger partial charge in [0.15, 0.2) is 0 Å². The molecule has 0 atom stereocenters. The third kappa shape index (κ3) is 10.9. The first-order chi connectivity index (χ1) is 18.7. The Kier molecular flexibility index (Phi) is 11.5. The topological polar surface area (TPSA) is 199 Å². The number of carboxylic acid groups (broad SMARTS) is 1. The molecule has 6 N–H and O–H groups in total. The van der Waals surface area contributed by atoms with Gasteiger partial charge < -0.3 is 30.9 Å². The number of aliphatic carboxylic acids is 1. The zero-order chi connectivity index (χ0) is 29.9. The number of hydrogen-bond donors (Lipinski definition) is 4. The van der Waals surface area contributed by atoms with E-state index in [0.29, 0.717) is 31.5 Å². The summed E-state index contributed by atoms with van der Waals surface area (Å²) < 4.78 is 60.2. The van der Waals surface area contributed by atoms with Crippen molar-refractivity contribution in [3.8, 4) is 0 Å². The van der Waals surface area contributed by atoms with E-state index in [0.717, 1.165) is 0 Å². The minimum Gasteiger partial charge on any atom is -0.475 e. The number of alkyl halides is 3. The Bertz CT molecular complexity index is 1340. The van der Waals surface area contributed by atoms with Crippen molar-refractivity contribution >= 4 is 27.9 Å². The molecule has 0 spiro atoms. The third-order valence-electron chi connectivity index (χ3n) is 5.43. The second-order valence-corrected chi connectivity index (χ2v) is 10.3. The SMILES string of the molecule is NC(N)=NOC1CCN(C(=O)Cn2cccc(CNS(=O)(=O)Cc3ccccc3)c2=O)CC1.O=C(O)C(F)(F)F. The van der Waals surface area contributed by atoms with Crippen molar-refractivity contribution in [2.24, 2.45) is 16.6 Å². The molecule has 1 fully saturated rings. The Labute approximate surface area is 227 Å². The summed E-state index contributed by atoms with van der Waals surface area (Å²) in [6, 6.07) is 11.9. The number of nitrogens with zero attached hydrogens (tertiary/aromatic N) is 3. The van der Waals surface area contributed by atoms with Gasteiger partial charge in [-0.25, -0.2) is 17.9 Å². The van der Waals surface area contributed by atoms with Gasteiger partial charge in [0.05, 0.1) is 5.75 Å². The smallest absolute Gasteiger partial charge is 0.475 e. The summed E-state index contributed by atoms with van der Waals surface area (Å²) in [7, 11) is -3.63. The highest BCUT2D eigenvalue weighted by Gasteiger charge is 2.38. The van der Waals surface area contributed by atoms with Gasteiger partial charge in [0, 0.05) is 44.2 Å². The molecule has 1 aliphatic rings. The van der Waals surface area contributed by atoms with E-state index in [2.05, 4.69) is 9.88 Å². The van der Waals surface area contributed by atoms with Crippen LogP contribution in [-0.4, -0.2) is 66.2 Å². The van der Waals surface area contributed by atoms with Crippen LogP contribution in [0.1, 0.15) is 24.0 Å². The maximum absolute atomic E-state index is 12.8. The Morgan fingerprint density at radius 1 is 1.10 bits per heavy atom. The van der Waals surface area contributed by atoms with E-state index in [4.69, 9.17) is 26.2 Å². The largest absolute Gasteiger partial charge is 0.490 e. The first-order valence-electron chi connectivity index (χ1n) is 11.7. The normalized spacial score (nSPS) is 14.0. The van der Waals surface area contributed by atoms with E-state index in [-0.39, 0.29) is 42.4 Å². The summed E-state index contributed by atoms with van der Waals surface area (Å²) in [4.78, 5) is 41.2. The van der Waals surface area contributed by atoms with Crippen molar-refractivity contribution in [2.45, 2.75) is 44.0 Å². The number of rotatable bonds is 9. The van der Waals surface area contributed by atoms with Crippen molar-refractivity contribution in [2.75, 3.05) is 13.1 Å². The molecule has 1 saturated heterocycles. The molecule has 2 aromatic rings. The lowest BCUT2D eigenvalue weighted by Gasteiger charge is -2.30. The molecule has 0 saturated carbocycles. The summed E-state index contributed by atoms with van der Waals surface area (Å²) in [6.07, 6.45) is -2.61. The molecule has 0 aliphatic carbocycles. The number of likely N-dealkylation sites (tertiary alicyclic amines) is 1. The number of guanidine groups is 1. The highest BCUT2D eigenvalue weighted by Crippen LogP contribution is 2.15. The van der Waals surface area contributed by atoms with Gasteiger partial charge in [-0.3, -0.25) is 9.59 Å². The zero-order valence-electron chi connectivity index (χ0n) is 21.1. The van der Waals surface area contributed by atoms with Crippen molar-refractivity contribution in [1.29, 1.82) is 0 Å². The standard InChI is InChI=1S/C21H28N6O5S.C2HF3O2/c22-21(23)25-32-18-8-11-26(12-9-18)19(28)14-27-10-4-7-17(20(27)29)13-24-33(30,31)15-16-5-2-1-3-6-16;3-2(4,5)1(6)7/h1-7,10,18,24H,8-9,11-15H2,(H4,22,23,25);(H,6,7). The number of aromatic nitrogens is 1. The molecule has 0 unspecified atom stereocenters. The van der Waals surface area contributed by atoms with E-state index in [1.807, 2.05) is 0 Å². The fourth-order valence-electron chi connectivity index (χ4n) is 3.47. The average Bonchev–Trinajstić information content (AvgIpc) is 2.88. The van der Waals surface area contributed by atoms with Crippen molar-refractivity contribution in [1.82, 2.24) is 14.2 Å². The van der Waals surface area contributed by atoms with Gasteiger partial charge in [-0.1, -0.05) is 36.4 Å². The Morgan fingerprint density at radius 3 is 2.25 bits per heavy atom. The van der Waals surface area contributed by atoms with E-state index in [1.165, 1.54) is 10.8 Å². The molecule has 3 rings (SSSR count). The first-order valence-corrected chi connectivity index (χ1v) is 13.4. The second kappa shape index (κ2) is 14.3. The van der Waals surface area contributed by atoms with Crippen LogP contribution >= 0.6 is 0 Å². The van der Waals surface area contributed by atoms with Crippen LogP contribution in [0.2, 0.25) is 0 Å². The molecule has 0 radical (unpaired) electrons. The second-order valence-electron chi connectivity index (χ2n) is 8.54. The number of piperidine rings is 1. The quantitative estimate of drug-likeness (QED) is 0.180. The fourth-order valence-corrected chi connectivity index (χ4v) is 4.58. The molecule has 1 amide bonds. The van der Waals surface area contributed by atoms with Crippen molar-refractivity contribution in [3.63, 3.8) is 0 Å². The monoisotopic (exact) mass is 590 g/mol. The maximum Gasteiger partial charge on any atom is 0.490 e. The van der Waals surface area contributed by atoms with Crippen LogP contribution in [-0.2, 0) is 43.3 Å². The highest BCUT2D eigenvalue weighted by atomic mass is 32.2. The van der Waals surface area contributed by atoms with Crippen LogP contribution in [0.3, 0.4) is 0 Å². The van der Waals surface area contributed by atoms with Gasteiger partial charge in [-0.2, -0.15) is 13.2 Å². The Balaban J connectivity index is 0.000000708. The molecular formula is C23H29F3N6O7S. The maximum atomic E-state index is 12.8. The number of oxime groups is 1. The van der Waals surface area contributed by atoms with E-state index in [9.17, 15) is 31.2 Å². The number of nitrogens with one attached hydrogen (secondary N) is 1. The average molecular weight is 591 g/mol. The number of benzene rings is 1. The molecule has 17 heteroatoms. The minimum atomic E-state index is -5.08. The van der Waals surface area contributed by atoms with E-state index in [1.54, 1.807) is 47.4 Å². The summed E-state index contributed by atoms with van der Waals surface area (Å²) in [5, 5.41) is 10.7. The molecule has 1 aromatic carbocycles. The number of carbonyl (C=O) groups is 2. The lowest BCUT2D eigenvalue weighted by molar-refractivity contribution is -0.192. The summed E-state index contributed by atoms with van der Waals surface area (Å²) >= 11 is 0. The molecule has 40 heavy (non-hydrogen) atoms. The van der Waals surface area contributed by atoms with Crippen molar-refractivity contribution in [3.05, 3.63) is 70.1 Å². The van der Waals surface area contributed by atoms with Crippen LogP contribution < -0.4 is 21.7 Å². The van der Waals surface area contributed by atoms with E-state index < -0.39 is 27.7 Å². The Morgan fingerprint density at radius 2 is 1.70 bits per heavy atom. The number of amides is 1. The van der Waals surface area contributed by atoms with Gasteiger partial charge >= 0.3 is 12.1 Å². The summed E-state index contributed by atoms with van der Waals surface area (Å²) in [5.74, 6) is -3.31.